The molecule has 1 aromatic rings. The van der Waals surface area contributed by atoms with E-state index in [1.54, 1.807) is 31.2 Å². The molecule has 0 aliphatic heterocycles. The predicted molar refractivity (Wildman–Crippen MR) is 258 cm³/mol. The summed E-state index contributed by atoms with van der Waals surface area (Å²) in [7, 11) is 0.819. The number of ketones is 1. The summed E-state index contributed by atoms with van der Waals surface area (Å²) in [4.78, 5) is 86.7. The average molecular weight is 908 g/mol. The monoisotopic (exact) mass is 908 g/mol. The standard InChI is InChI=1S/C50H81N5O8Si/c1-20-32(5)44(38(11)56)53-43(57)30-54(16)48(60)41(29-39-24-26-40(51-15)27-25-39)55(17)47(59)37(10)52-46(58)42(28-31(3)4)62-49(61)35(8)23-22-34(7)36(9)45(33(6)21-2)63-64(18,19)50(12,13)14/h21,23-27,31-32,34,36-37,41-42,44-45H,20,22,28-30H2,1-14,16-19H3,(H,52,58)(H,53,57)/b33-21+,35-23+/t32?,34-,36-,37-,41+,42+,44-,45?/m0/s1. The van der Waals surface area contributed by atoms with E-state index in [0.717, 1.165) is 0 Å². The van der Waals surface area contributed by atoms with Gasteiger partial charge in [0.2, 0.25) is 17.7 Å². The van der Waals surface area contributed by atoms with E-state index in [9.17, 15) is 28.8 Å². The van der Waals surface area contributed by atoms with Gasteiger partial charge >= 0.3 is 5.97 Å². The van der Waals surface area contributed by atoms with Crippen molar-refractivity contribution in [3.05, 3.63) is 64.5 Å². The Labute approximate surface area is 386 Å². The molecule has 0 spiro atoms. The highest BCUT2D eigenvalue weighted by Gasteiger charge is 2.41. The van der Waals surface area contributed by atoms with E-state index in [-0.39, 0.29) is 60.0 Å². The van der Waals surface area contributed by atoms with Crippen molar-refractivity contribution in [1.29, 1.82) is 0 Å². The third-order valence-electron chi connectivity index (χ3n) is 12.9. The lowest BCUT2D eigenvalue weighted by Gasteiger charge is -2.42. The largest absolute Gasteiger partial charge is 0.449 e. The van der Waals surface area contributed by atoms with Crippen LogP contribution in [0.3, 0.4) is 0 Å². The fraction of sp³-hybridized carbons (Fsp3) is 0.660. The Bertz CT molecular complexity index is 1860. The van der Waals surface area contributed by atoms with Crippen LogP contribution in [0.5, 0.6) is 0 Å². The van der Waals surface area contributed by atoms with Crippen molar-refractivity contribution in [1.82, 2.24) is 20.4 Å². The van der Waals surface area contributed by atoms with Gasteiger partial charge in [0.15, 0.2) is 25.9 Å². The molecule has 64 heavy (non-hydrogen) atoms. The van der Waals surface area contributed by atoms with Crippen LogP contribution in [0.15, 0.2) is 47.6 Å². The summed E-state index contributed by atoms with van der Waals surface area (Å²) >= 11 is 0. The molecule has 0 bridgehead atoms. The lowest BCUT2D eigenvalue weighted by molar-refractivity contribution is -0.154. The lowest BCUT2D eigenvalue weighted by Crippen LogP contribution is -2.56. The second kappa shape index (κ2) is 25.8. The number of carbonyl (C=O) groups is 6. The van der Waals surface area contributed by atoms with E-state index in [2.05, 4.69) is 76.2 Å². The van der Waals surface area contributed by atoms with Crippen molar-refractivity contribution < 1.29 is 37.9 Å². The minimum Gasteiger partial charge on any atom is -0.449 e. The summed E-state index contributed by atoms with van der Waals surface area (Å²) in [6.07, 6.45) is 4.21. The van der Waals surface area contributed by atoms with E-state index in [1.165, 1.54) is 43.3 Å². The molecule has 0 fully saturated rings. The SMILES string of the molecule is [C-]#[N+]c1ccc(C[C@H](C(=O)N(C)CC(=O)N[C@H](C(C)=O)C(C)CC)N(C)C(=O)[C@H](C)NC(=O)[C@@H](CC(C)C)OC(=O)/C(C)=C/C[C@H](C)[C@H](C)C(O[Si](C)(C)C(C)(C)C)/C(C)=C/C)cc1. The molecule has 0 radical (unpaired) electrons. The maximum atomic E-state index is 14.1. The first-order valence-corrected chi connectivity index (χ1v) is 25.7. The number of amides is 4. The predicted octanol–water partition coefficient (Wildman–Crippen LogP) is 8.61. The van der Waals surface area contributed by atoms with Gasteiger partial charge in [0.05, 0.1) is 25.3 Å². The number of nitrogens with one attached hydrogen (secondary N) is 2. The zero-order valence-electron chi connectivity index (χ0n) is 42.3. The van der Waals surface area contributed by atoms with Crippen LogP contribution >= 0.6 is 0 Å². The molecule has 4 amide bonds. The van der Waals surface area contributed by atoms with E-state index in [4.69, 9.17) is 15.7 Å². The number of nitrogens with zero attached hydrogens (tertiary/aromatic N) is 3. The van der Waals surface area contributed by atoms with Gasteiger partial charge in [-0.1, -0.05) is 105 Å². The second-order valence-corrected chi connectivity index (χ2v) is 24.5. The second-order valence-electron chi connectivity index (χ2n) is 19.7. The van der Waals surface area contributed by atoms with E-state index in [1.807, 2.05) is 40.7 Å². The van der Waals surface area contributed by atoms with Crippen LogP contribution in [0, 0.1) is 30.2 Å². The fourth-order valence-corrected chi connectivity index (χ4v) is 8.27. The van der Waals surface area contributed by atoms with Crippen LogP contribution in [-0.4, -0.2) is 104 Å². The van der Waals surface area contributed by atoms with Crippen molar-refractivity contribution >= 4 is 49.4 Å². The summed E-state index contributed by atoms with van der Waals surface area (Å²) in [5.41, 5.74) is 2.62. The number of ether oxygens (including phenoxy) is 1. The minimum atomic E-state index is -2.08. The third kappa shape index (κ3) is 17.4. The van der Waals surface area contributed by atoms with Crippen molar-refractivity contribution in [2.24, 2.45) is 23.7 Å². The topological polar surface area (TPSA) is 156 Å². The van der Waals surface area contributed by atoms with Gasteiger partial charge in [0.1, 0.15) is 12.1 Å². The molecule has 0 aromatic heterocycles. The van der Waals surface area contributed by atoms with Crippen LogP contribution in [0.25, 0.3) is 4.85 Å². The normalized spacial score (nSPS) is 16.2. The summed E-state index contributed by atoms with van der Waals surface area (Å²) in [6, 6.07) is 3.67. The van der Waals surface area contributed by atoms with Crippen molar-refractivity contribution in [3.63, 3.8) is 0 Å². The fourth-order valence-electron chi connectivity index (χ4n) is 6.89. The first-order valence-electron chi connectivity index (χ1n) is 22.8. The zero-order valence-corrected chi connectivity index (χ0v) is 43.3. The Morgan fingerprint density at radius 3 is 1.95 bits per heavy atom. The van der Waals surface area contributed by atoms with E-state index in [0.29, 0.717) is 29.7 Å². The number of hydrogen-bond acceptors (Lipinski definition) is 8. The molecule has 14 heteroatoms. The van der Waals surface area contributed by atoms with Gasteiger partial charge in [-0.05, 0) is 100 Å². The number of benzene rings is 1. The van der Waals surface area contributed by atoms with Crippen LogP contribution in [0.2, 0.25) is 18.1 Å². The molecular formula is C50H81N5O8Si. The number of Topliss-reactive ketones (excluding diaryl/α,β-unsaturated/α-hetero) is 1. The minimum absolute atomic E-state index is 0.0324. The van der Waals surface area contributed by atoms with Crippen molar-refractivity contribution in [3.8, 4) is 0 Å². The molecule has 0 aliphatic rings. The molecule has 1 rings (SSSR count). The summed E-state index contributed by atoms with van der Waals surface area (Å²) in [5, 5.41) is 5.51. The highest BCUT2D eigenvalue weighted by molar-refractivity contribution is 6.74. The molecule has 2 unspecified atom stereocenters. The Balaban J connectivity index is 3.28. The maximum absolute atomic E-state index is 14.1. The van der Waals surface area contributed by atoms with Gasteiger partial charge in [-0.2, -0.15) is 0 Å². The Hall–Kier alpha value is -4.61. The van der Waals surface area contributed by atoms with Gasteiger partial charge in [-0.25, -0.2) is 9.64 Å². The van der Waals surface area contributed by atoms with Crippen LogP contribution in [0.1, 0.15) is 122 Å². The third-order valence-corrected chi connectivity index (χ3v) is 17.4. The Morgan fingerprint density at radius 2 is 1.47 bits per heavy atom. The molecule has 358 valence electrons. The Kier molecular flexibility index (Phi) is 23.1. The molecule has 1 aromatic carbocycles. The van der Waals surface area contributed by atoms with E-state index >= 15 is 0 Å². The quantitative estimate of drug-likeness (QED) is 0.0344. The van der Waals surface area contributed by atoms with Gasteiger partial charge < -0.3 is 29.6 Å². The molecule has 13 nitrogen and oxygen atoms in total. The number of esters is 1. The highest BCUT2D eigenvalue weighted by atomic mass is 28.4. The highest BCUT2D eigenvalue weighted by Crippen LogP contribution is 2.40. The van der Waals surface area contributed by atoms with E-state index < -0.39 is 62.1 Å². The van der Waals surface area contributed by atoms with Crippen LogP contribution in [0.4, 0.5) is 5.69 Å². The number of carbonyl (C=O) groups excluding carboxylic acids is 6. The maximum Gasteiger partial charge on any atom is 0.334 e. The molecule has 0 saturated heterocycles. The van der Waals surface area contributed by atoms with Crippen molar-refractivity contribution in [2.75, 3.05) is 20.6 Å². The molecule has 0 saturated carbocycles. The molecule has 0 aliphatic carbocycles. The van der Waals surface area contributed by atoms with Gasteiger partial charge in [-0.3, -0.25) is 24.0 Å². The number of rotatable bonds is 24. The number of hydrogen-bond donors (Lipinski definition) is 2. The average Bonchev–Trinajstić information content (AvgIpc) is 3.22. The smallest absolute Gasteiger partial charge is 0.334 e. The van der Waals surface area contributed by atoms with Crippen LogP contribution in [-0.2, 0) is 44.4 Å². The van der Waals surface area contributed by atoms with Crippen molar-refractivity contribution in [2.45, 2.75) is 171 Å². The number of likely N-dealkylation sites (N-methyl/N-ethyl adjacent to an activating group) is 2. The molecule has 0 heterocycles. The first kappa shape index (κ1) is 57.4. The lowest BCUT2D eigenvalue weighted by atomic mass is 9.85. The summed E-state index contributed by atoms with van der Waals surface area (Å²) < 4.78 is 12.7. The molecule has 8 atom stereocenters. The Morgan fingerprint density at radius 1 is 0.891 bits per heavy atom. The summed E-state index contributed by atoms with van der Waals surface area (Å²) in [5.74, 6) is -2.96. The van der Waals surface area contributed by atoms with Gasteiger partial charge in [0, 0.05) is 26.1 Å². The zero-order chi connectivity index (χ0) is 49.4. The molecular weight excluding hydrogens is 827 g/mol. The summed E-state index contributed by atoms with van der Waals surface area (Å²) in [6.45, 7) is 38.8. The van der Waals surface area contributed by atoms with Gasteiger partial charge in [0.25, 0.3) is 5.91 Å². The van der Waals surface area contributed by atoms with Crippen LogP contribution < -0.4 is 10.6 Å². The first-order chi connectivity index (χ1) is 29.5. The van der Waals surface area contributed by atoms with Gasteiger partial charge in [-0.15, -0.1) is 0 Å². The molecule has 2 N–H and O–H groups in total. The number of allylic oxidation sites excluding steroid dienone is 2.